The van der Waals surface area contributed by atoms with E-state index in [4.69, 9.17) is 13.9 Å². The van der Waals surface area contributed by atoms with E-state index in [0.717, 1.165) is 0 Å². The topological polar surface area (TPSA) is 87.7 Å². The van der Waals surface area contributed by atoms with E-state index in [1.807, 2.05) is 0 Å². The van der Waals surface area contributed by atoms with Gasteiger partial charge in [0.15, 0.2) is 12.0 Å². The molecule has 0 saturated heterocycles. The van der Waals surface area contributed by atoms with Crippen molar-refractivity contribution in [2.24, 2.45) is 0 Å². The summed E-state index contributed by atoms with van der Waals surface area (Å²) >= 11 is 0. The second kappa shape index (κ2) is 6.75. The molecule has 3 aromatic rings. The zero-order valence-electron chi connectivity index (χ0n) is 15.4. The zero-order valence-corrected chi connectivity index (χ0v) is 15.4. The summed E-state index contributed by atoms with van der Waals surface area (Å²) in [5.41, 5.74) is 0.437. The molecule has 0 aliphatic heterocycles. The van der Waals surface area contributed by atoms with Crippen molar-refractivity contribution in [3.63, 3.8) is 0 Å². The van der Waals surface area contributed by atoms with Crippen LogP contribution in [0.1, 0.15) is 41.8 Å². The van der Waals surface area contributed by atoms with E-state index < -0.39 is 17.7 Å². The Kier molecular flexibility index (Phi) is 4.61. The lowest BCUT2D eigenvalue weighted by Gasteiger charge is -2.20. The van der Waals surface area contributed by atoms with Gasteiger partial charge in [0.05, 0.1) is 12.6 Å². The van der Waals surface area contributed by atoms with Crippen molar-refractivity contribution in [1.82, 2.24) is 4.57 Å². The number of benzene rings is 1. The van der Waals surface area contributed by atoms with E-state index in [-0.39, 0.29) is 11.5 Å². The third-order valence-electron chi connectivity index (χ3n) is 3.80. The van der Waals surface area contributed by atoms with Crippen LogP contribution in [0.4, 0.5) is 4.79 Å². The number of aldehydes is 1. The van der Waals surface area contributed by atoms with Crippen LogP contribution in [-0.2, 0) is 9.47 Å². The molecule has 0 radical (unpaired) electrons. The molecule has 0 saturated carbocycles. The Morgan fingerprint density at radius 3 is 2.44 bits per heavy atom. The summed E-state index contributed by atoms with van der Waals surface area (Å²) in [6, 6.07) is 10.00. The molecule has 0 spiro atoms. The molecule has 0 amide bonds. The molecule has 2 aromatic heterocycles. The fourth-order valence-electron chi connectivity index (χ4n) is 2.68. The highest BCUT2D eigenvalue weighted by Gasteiger charge is 2.26. The van der Waals surface area contributed by atoms with Gasteiger partial charge >= 0.3 is 12.1 Å². The van der Waals surface area contributed by atoms with Gasteiger partial charge in [0.25, 0.3) is 0 Å². The predicted octanol–water partition coefficient (Wildman–Crippen LogP) is 4.28. The summed E-state index contributed by atoms with van der Waals surface area (Å²) in [6.45, 7) is 5.22. The predicted molar refractivity (Wildman–Crippen MR) is 98.0 cm³/mol. The number of fused-ring (bicyclic) bond motifs is 1. The molecule has 0 N–H and O–H groups in total. The lowest BCUT2D eigenvalue weighted by molar-refractivity contribution is 0.0489. The molecule has 0 bridgehead atoms. The quantitative estimate of drug-likeness (QED) is 0.506. The Morgan fingerprint density at radius 1 is 1.11 bits per heavy atom. The Balaban J connectivity index is 2.18. The van der Waals surface area contributed by atoms with Crippen molar-refractivity contribution in [2.75, 3.05) is 7.11 Å². The summed E-state index contributed by atoms with van der Waals surface area (Å²) in [4.78, 5) is 35.7. The average Bonchev–Trinajstić information content (AvgIpc) is 3.23. The monoisotopic (exact) mass is 369 g/mol. The van der Waals surface area contributed by atoms with Gasteiger partial charge < -0.3 is 13.9 Å². The number of aromatic nitrogens is 1. The first kappa shape index (κ1) is 18.4. The van der Waals surface area contributed by atoms with Gasteiger partial charge in [-0.3, -0.25) is 4.79 Å². The van der Waals surface area contributed by atoms with Crippen molar-refractivity contribution >= 4 is 29.3 Å². The highest BCUT2D eigenvalue weighted by Crippen LogP contribution is 2.29. The van der Waals surface area contributed by atoms with Gasteiger partial charge in [-0.15, -0.1) is 0 Å². The molecule has 0 unspecified atom stereocenters. The first-order valence-electron chi connectivity index (χ1n) is 8.26. The summed E-state index contributed by atoms with van der Waals surface area (Å²) < 4.78 is 16.9. The SMILES string of the molecule is COC(=O)c1cc2ccc(-c3ccc(C=O)o3)cc2n1C(=O)OC(C)(C)C. The molecule has 27 heavy (non-hydrogen) atoms. The van der Waals surface area contributed by atoms with Crippen LogP contribution in [0.2, 0.25) is 0 Å². The van der Waals surface area contributed by atoms with Crippen molar-refractivity contribution < 1.29 is 28.3 Å². The van der Waals surface area contributed by atoms with Crippen molar-refractivity contribution in [3.05, 3.63) is 47.9 Å². The third-order valence-corrected chi connectivity index (χ3v) is 3.80. The maximum Gasteiger partial charge on any atom is 0.419 e. The lowest BCUT2D eigenvalue weighted by atomic mass is 10.1. The molecule has 1 aromatic carbocycles. The second-order valence-electron chi connectivity index (χ2n) is 6.93. The Labute approximate surface area is 155 Å². The van der Waals surface area contributed by atoms with Gasteiger partial charge in [0.1, 0.15) is 17.1 Å². The maximum absolute atomic E-state index is 12.7. The number of rotatable bonds is 3. The van der Waals surface area contributed by atoms with Gasteiger partial charge in [0.2, 0.25) is 0 Å². The fourth-order valence-corrected chi connectivity index (χ4v) is 2.68. The van der Waals surface area contributed by atoms with Crippen LogP contribution in [0.25, 0.3) is 22.2 Å². The van der Waals surface area contributed by atoms with Crippen LogP contribution in [0.15, 0.2) is 40.8 Å². The molecule has 3 rings (SSSR count). The van der Waals surface area contributed by atoms with Crippen LogP contribution in [-0.4, -0.2) is 35.6 Å². The van der Waals surface area contributed by atoms with E-state index in [0.29, 0.717) is 28.5 Å². The fraction of sp³-hybridized carbons (Fsp3) is 0.250. The van der Waals surface area contributed by atoms with E-state index >= 15 is 0 Å². The van der Waals surface area contributed by atoms with Crippen LogP contribution >= 0.6 is 0 Å². The highest BCUT2D eigenvalue weighted by molar-refractivity contribution is 6.02. The maximum atomic E-state index is 12.7. The summed E-state index contributed by atoms with van der Waals surface area (Å²) in [5.74, 6) is 0.0123. The first-order chi connectivity index (χ1) is 12.7. The molecule has 0 atom stereocenters. The molecule has 7 heteroatoms. The zero-order chi connectivity index (χ0) is 19.8. The molecule has 0 aliphatic carbocycles. The molecule has 0 fully saturated rings. The Hall–Kier alpha value is -3.35. The smallest absolute Gasteiger partial charge is 0.419 e. The average molecular weight is 369 g/mol. The van der Waals surface area contributed by atoms with Gasteiger partial charge in [-0.1, -0.05) is 12.1 Å². The number of furan rings is 1. The minimum absolute atomic E-state index is 0.0620. The Morgan fingerprint density at radius 2 is 1.85 bits per heavy atom. The number of esters is 1. The molecule has 140 valence electrons. The lowest BCUT2D eigenvalue weighted by Crippen LogP contribution is -2.29. The van der Waals surface area contributed by atoms with Gasteiger partial charge in [-0.25, -0.2) is 14.2 Å². The summed E-state index contributed by atoms with van der Waals surface area (Å²) in [5, 5.41) is 0.659. The van der Waals surface area contributed by atoms with Crippen LogP contribution in [0.5, 0.6) is 0 Å². The van der Waals surface area contributed by atoms with Crippen molar-refractivity contribution in [2.45, 2.75) is 26.4 Å². The summed E-state index contributed by atoms with van der Waals surface area (Å²) in [6.07, 6.45) is -0.0797. The third kappa shape index (κ3) is 3.62. The number of nitrogens with zero attached hydrogens (tertiary/aromatic N) is 1. The van der Waals surface area contributed by atoms with Crippen molar-refractivity contribution in [3.8, 4) is 11.3 Å². The normalized spacial score (nSPS) is 11.4. The largest absolute Gasteiger partial charge is 0.464 e. The molecular weight excluding hydrogens is 350 g/mol. The minimum Gasteiger partial charge on any atom is -0.464 e. The minimum atomic E-state index is -0.738. The first-order valence-corrected chi connectivity index (χ1v) is 8.26. The van der Waals surface area contributed by atoms with Gasteiger partial charge in [0, 0.05) is 10.9 Å². The van der Waals surface area contributed by atoms with Gasteiger partial charge in [-0.2, -0.15) is 0 Å². The van der Waals surface area contributed by atoms with Gasteiger partial charge in [-0.05, 0) is 45.0 Å². The second-order valence-corrected chi connectivity index (χ2v) is 6.93. The van der Waals surface area contributed by atoms with Crippen LogP contribution in [0, 0.1) is 0 Å². The molecule has 7 nitrogen and oxygen atoms in total. The standard InChI is InChI=1S/C20H19NO6/c1-20(2,3)27-19(24)21-15-10-13(17-8-7-14(11-22)26-17)6-5-12(15)9-16(21)18(23)25-4/h5-11H,1-4H3. The highest BCUT2D eigenvalue weighted by atomic mass is 16.6. The van der Waals surface area contributed by atoms with Crippen LogP contribution < -0.4 is 0 Å². The number of hydrogen-bond donors (Lipinski definition) is 0. The number of carbonyl (C=O) groups is 3. The molecule has 2 heterocycles. The number of ether oxygens (including phenoxy) is 2. The van der Waals surface area contributed by atoms with E-state index in [1.54, 1.807) is 57.2 Å². The number of methoxy groups -OCH3 is 1. The Bertz CT molecular complexity index is 1030. The molecular formula is C20H19NO6. The van der Waals surface area contributed by atoms with E-state index in [1.165, 1.54) is 11.7 Å². The number of hydrogen-bond acceptors (Lipinski definition) is 6. The van der Waals surface area contributed by atoms with E-state index in [9.17, 15) is 14.4 Å². The number of carbonyl (C=O) groups excluding carboxylic acids is 3. The molecule has 0 aliphatic rings. The van der Waals surface area contributed by atoms with Crippen LogP contribution in [0.3, 0.4) is 0 Å². The summed E-state index contributed by atoms with van der Waals surface area (Å²) in [7, 11) is 1.24. The van der Waals surface area contributed by atoms with Crippen molar-refractivity contribution in [1.29, 1.82) is 0 Å². The van der Waals surface area contributed by atoms with E-state index in [2.05, 4.69) is 0 Å².